The lowest BCUT2D eigenvalue weighted by Crippen LogP contribution is -2.47. The molecule has 150 valence electrons. The van der Waals surface area contributed by atoms with Gasteiger partial charge in [-0.25, -0.2) is 9.67 Å². The Morgan fingerprint density at radius 1 is 1.13 bits per heavy atom. The molecular formula is C20H16N6O4. The second-order valence-electron chi connectivity index (χ2n) is 6.41. The number of hydrogen-bond donors (Lipinski definition) is 2. The van der Waals surface area contributed by atoms with Crippen LogP contribution < -0.4 is 11.1 Å². The molecule has 0 aliphatic carbocycles. The minimum atomic E-state index is -1.19. The minimum Gasteiger partial charge on any atom is -0.464 e. The van der Waals surface area contributed by atoms with Crippen LogP contribution in [0.25, 0.3) is 16.8 Å². The molecule has 0 saturated heterocycles. The van der Waals surface area contributed by atoms with E-state index >= 15 is 0 Å². The molecule has 0 spiro atoms. The smallest absolute Gasteiger partial charge is 0.287 e. The second-order valence-corrected chi connectivity index (χ2v) is 6.41. The number of primary amides is 1. The zero-order valence-corrected chi connectivity index (χ0v) is 15.6. The highest BCUT2D eigenvalue weighted by Gasteiger charge is 2.28. The molecule has 0 aliphatic heterocycles. The van der Waals surface area contributed by atoms with Crippen LogP contribution in [0.15, 0.2) is 65.8 Å². The molecule has 30 heavy (non-hydrogen) atoms. The number of nitrogens with two attached hydrogens (primary N) is 1. The number of carbonyl (C=O) groups excluding carboxylic acids is 3. The molecule has 4 rings (SSSR count). The van der Waals surface area contributed by atoms with E-state index in [0.717, 1.165) is 0 Å². The van der Waals surface area contributed by atoms with Crippen molar-refractivity contribution in [2.75, 3.05) is 0 Å². The normalized spacial score (nSPS) is 11.9. The Morgan fingerprint density at radius 3 is 2.77 bits per heavy atom. The summed E-state index contributed by atoms with van der Waals surface area (Å²) in [6, 6.07) is 7.13. The van der Waals surface area contributed by atoms with Crippen LogP contribution in [0.3, 0.4) is 0 Å². The van der Waals surface area contributed by atoms with Crippen LogP contribution in [0, 0.1) is 0 Å². The predicted molar refractivity (Wildman–Crippen MR) is 105 cm³/mol. The molecule has 0 fully saturated rings. The van der Waals surface area contributed by atoms with Gasteiger partial charge in [-0.3, -0.25) is 19.4 Å². The van der Waals surface area contributed by atoms with Gasteiger partial charge in [0.25, 0.3) is 11.8 Å². The Kier molecular flexibility index (Phi) is 5.04. The van der Waals surface area contributed by atoms with Crippen LogP contribution in [-0.2, 0) is 16.0 Å². The van der Waals surface area contributed by atoms with Crippen LogP contribution >= 0.6 is 0 Å². The lowest BCUT2D eigenvalue weighted by molar-refractivity contribution is -0.137. The third-order valence-corrected chi connectivity index (χ3v) is 4.49. The fraction of sp³-hybridized carbons (Fsp3) is 0.100. The number of carbonyl (C=O) groups is 3. The number of Topliss-reactive ketones (excluding diaryl/α,β-unsaturated/α-hetero) is 1. The van der Waals surface area contributed by atoms with Crippen molar-refractivity contribution in [1.82, 2.24) is 25.1 Å². The van der Waals surface area contributed by atoms with Crippen molar-refractivity contribution >= 4 is 28.6 Å². The van der Waals surface area contributed by atoms with Gasteiger partial charge in [0.05, 0.1) is 12.5 Å². The summed E-state index contributed by atoms with van der Waals surface area (Å²) in [6.07, 6.45) is 7.61. The van der Waals surface area contributed by atoms with Crippen molar-refractivity contribution < 1.29 is 18.8 Å². The third kappa shape index (κ3) is 3.65. The summed E-state index contributed by atoms with van der Waals surface area (Å²) in [5, 5.41) is 7.35. The molecule has 1 atom stereocenters. The summed E-state index contributed by atoms with van der Waals surface area (Å²) in [5.41, 5.74) is 6.52. The summed E-state index contributed by atoms with van der Waals surface area (Å²) in [5.74, 6) is -2.25. The summed E-state index contributed by atoms with van der Waals surface area (Å²) in [4.78, 5) is 45.0. The van der Waals surface area contributed by atoms with Crippen LogP contribution in [0.4, 0.5) is 0 Å². The number of nitrogens with one attached hydrogen (secondary N) is 1. The zero-order chi connectivity index (χ0) is 21.1. The standard InChI is InChI=1S/C20H16N6O4/c21-19(28)18(27)14(9-12-11-30-16-5-7-22-10-13(12)16)25-20(29)15-4-8-24-26(15)17-3-1-2-6-23-17/h1-8,10-11,14H,9H2,(H2,21,28)(H,25,29). The SMILES string of the molecule is NC(=O)C(=O)C(Cc1coc2ccncc12)NC(=O)c1ccnn1-c1ccccn1. The monoisotopic (exact) mass is 404 g/mol. The van der Waals surface area contributed by atoms with Gasteiger partial charge in [-0.1, -0.05) is 6.07 Å². The van der Waals surface area contributed by atoms with E-state index < -0.39 is 23.6 Å². The average molecular weight is 404 g/mol. The van der Waals surface area contributed by atoms with Gasteiger partial charge >= 0.3 is 0 Å². The zero-order valence-electron chi connectivity index (χ0n) is 15.6. The van der Waals surface area contributed by atoms with E-state index in [-0.39, 0.29) is 12.1 Å². The summed E-state index contributed by atoms with van der Waals surface area (Å²) >= 11 is 0. The average Bonchev–Trinajstić information content (AvgIpc) is 3.41. The van der Waals surface area contributed by atoms with Crippen LogP contribution in [0.1, 0.15) is 16.1 Å². The van der Waals surface area contributed by atoms with Crippen molar-refractivity contribution in [2.24, 2.45) is 5.73 Å². The van der Waals surface area contributed by atoms with Crippen molar-refractivity contribution in [2.45, 2.75) is 12.5 Å². The van der Waals surface area contributed by atoms with E-state index in [9.17, 15) is 14.4 Å². The van der Waals surface area contributed by atoms with Crippen molar-refractivity contribution in [3.05, 3.63) is 72.6 Å². The molecule has 2 amide bonds. The molecule has 1 unspecified atom stereocenters. The maximum atomic E-state index is 12.9. The third-order valence-electron chi connectivity index (χ3n) is 4.49. The number of hydrogen-bond acceptors (Lipinski definition) is 7. The Hall–Kier alpha value is -4.34. The number of aromatic nitrogens is 4. The number of pyridine rings is 2. The van der Waals surface area contributed by atoms with Crippen LogP contribution in [0.2, 0.25) is 0 Å². The minimum absolute atomic E-state index is 0.00390. The number of ketones is 1. The highest BCUT2D eigenvalue weighted by Crippen LogP contribution is 2.21. The second kappa shape index (κ2) is 7.95. The van der Waals surface area contributed by atoms with Gasteiger partial charge in [0.1, 0.15) is 17.3 Å². The van der Waals surface area contributed by atoms with Gasteiger partial charge in [-0.05, 0) is 24.3 Å². The molecule has 0 aromatic carbocycles. The molecule has 0 bridgehead atoms. The molecule has 0 radical (unpaired) electrons. The van der Waals surface area contributed by atoms with Crippen LogP contribution in [-0.4, -0.2) is 43.4 Å². The molecule has 10 heteroatoms. The first-order valence-electron chi connectivity index (χ1n) is 8.94. The van der Waals surface area contributed by atoms with Crippen molar-refractivity contribution in [3.63, 3.8) is 0 Å². The number of nitrogens with zero attached hydrogens (tertiary/aromatic N) is 4. The van der Waals surface area contributed by atoms with Crippen LogP contribution in [0.5, 0.6) is 0 Å². The lowest BCUT2D eigenvalue weighted by Gasteiger charge is -2.16. The molecule has 4 aromatic heterocycles. The predicted octanol–water partition coefficient (Wildman–Crippen LogP) is 0.804. The van der Waals surface area contributed by atoms with E-state index in [1.54, 1.807) is 42.9 Å². The number of amides is 2. The first kappa shape index (κ1) is 19.0. The maximum absolute atomic E-state index is 12.9. The molecule has 4 aromatic rings. The highest BCUT2D eigenvalue weighted by molar-refractivity contribution is 6.38. The van der Waals surface area contributed by atoms with Crippen molar-refractivity contribution in [1.29, 1.82) is 0 Å². The topological polar surface area (TPSA) is 146 Å². The summed E-state index contributed by atoms with van der Waals surface area (Å²) < 4.78 is 6.77. The van der Waals surface area contributed by atoms with E-state index in [1.807, 2.05) is 0 Å². The Balaban J connectivity index is 1.62. The van der Waals surface area contributed by atoms with Crippen molar-refractivity contribution in [3.8, 4) is 5.82 Å². The fourth-order valence-corrected chi connectivity index (χ4v) is 3.05. The van der Waals surface area contributed by atoms with Gasteiger partial charge in [-0.2, -0.15) is 5.10 Å². The largest absolute Gasteiger partial charge is 0.464 e. The Labute approximate surface area is 169 Å². The lowest BCUT2D eigenvalue weighted by atomic mass is 10.0. The maximum Gasteiger partial charge on any atom is 0.287 e. The number of furan rings is 1. The van der Waals surface area contributed by atoms with E-state index in [1.165, 1.54) is 23.2 Å². The number of rotatable bonds is 7. The van der Waals surface area contributed by atoms with E-state index in [4.69, 9.17) is 10.2 Å². The van der Waals surface area contributed by atoms with E-state index in [2.05, 4.69) is 20.4 Å². The highest BCUT2D eigenvalue weighted by atomic mass is 16.3. The van der Waals surface area contributed by atoms with Gasteiger partial charge in [0.15, 0.2) is 5.82 Å². The van der Waals surface area contributed by atoms with Gasteiger partial charge in [-0.15, -0.1) is 0 Å². The van der Waals surface area contributed by atoms with Gasteiger partial charge in [0.2, 0.25) is 5.78 Å². The fourth-order valence-electron chi connectivity index (χ4n) is 3.05. The quantitative estimate of drug-likeness (QED) is 0.433. The molecule has 4 heterocycles. The molecule has 3 N–H and O–H groups in total. The van der Waals surface area contributed by atoms with Gasteiger partial charge < -0.3 is 15.5 Å². The molecular weight excluding hydrogens is 388 g/mol. The number of fused-ring (bicyclic) bond motifs is 1. The first-order chi connectivity index (χ1) is 14.5. The van der Waals surface area contributed by atoms with Gasteiger partial charge in [0, 0.05) is 36.0 Å². The van der Waals surface area contributed by atoms with E-state index in [0.29, 0.717) is 22.4 Å². The summed E-state index contributed by atoms with van der Waals surface area (Å²) in [7, 11) is 0. The molecule has 10 nitrogen and oxygen atoms in total. The summed E-state index contributed by atoms with van der Waals surface area (Å²) in [6.45, 7) is 0. The Bertz CT molecular complexity index is 1230. The Morgan fingerprint density at radius 2 is 2.00 bits per heavy atom. The molecule has 0 saturated carbocycles. The first-order valence-corrected chi connectivity index (χ1v) is 8.94. The molecule has 0 aliphatic rings.